The third-order valence-corrected chi connectivity index (χ3v) is 3.62. The molecule has 1 aliphatic heterocycles. The molecule has 0 aromatic heterocycles. The Balaban J connectivity index is 1.43. The number of fused-ring (bicyclic) bond motifs is 1. The van der Waals surface area contributed by atoms with Gasteiger partial charge in [-0.2, -0.15) is 0 Å². The van der Waals surface area contributed by atoms with E-state index in [1.165, 1.54) is 18.2 Å². The van der Waals surface area contributed by atoms with Crippen molar-refractivity contribution < 1.29 is 23.5 Å². The number of hydrogen-bond donors (Lipinski definition) is 2. The summed E-state index contributed by atoms with van der Waals surface area (Å²) < 4.78 is 24.8. The van der Waals surface area contributed by atoms with Gasteiger partial charge in [0.05, 0.1) is 18.7 Å². The molecule has 0 fully saturated rings. The maximum atomic E-state index is 13.5. The first-order chi connectivity index (χ1) is 12.1. The molecule has 7 heteroatoms. The molecule has 0 aliphatic carbocycles. The lowest BCUT2D eigenvalue weighted by molar-refractivity contribution is -0.120. The van der Waals surface area contributed by atoms with E-state index in [1.54, 1.807) is 12.1 Å². The number of para-hydroxylation sites is 2. The quantitative estimate of drug-likeness (QED) is 0.862. The Hall–Kier alpha value is -3.09. The van der Waals surface area contributed by atoms with Gasteiger partial charge in [-0.1, -0.05) is 24.3 Å². The number of hydrogen-bond acceptors (Lipinski definition) is 4. The molecular weight excluding hydrogens is 327 g/mol. The Morgan fingerprint density at radius 1 is 1.04 bits per heavy atom. The van der Waals surface area contributed by atoms with Gasteiger partial charge < -0.3 is 20.1 Å². The summed E-state index contributed by atoms with van der Waals surface area (Å²) in [5, 5.41) is 5.03. The van der Waals surface area contributed by atoms with Crippen LogP contribution in [-0.2, 0) is 4.79 Å². The molecule has 2 aromatic carbocycles. The molecule has 0 unspecified atom stereocenters. The van der Waals surface area contributed by atoms with Gasteiger partial charge in [0.1, 0.15) is 18.5 Å². The highest BCUT2D eigenvalue weighted by Gasteiger charge is 2.21. The van der Waals surface area contributed by atoms with Crippen LogP contribution in [0.25, 0.3) is 0 Å². The number of carbonyl (C=O) groups is 2. The van der Waals surface area contributed by atoms with Crippen molar-refractivity contribution >= 4 is 11.8 Å². The highest BCUT2D eigenvalue weighted by atomic mass is 19.1. The lowest BCUT2D eigenvalue weighted by Gasteiger charge is -2.26. The van der Waals surface area contributed by atoms with Gasteiger partial charge in [0.15, 0.2) is 11.5 Å². The first-order valence-corrected chi connectivity index (χ1v) is 7.81. The first-order valence-electron chi connectivity index (χ1n) is 7.81. The van der Waals surface area contributed by atoms with Gasteiger partial charge in [-0.25, -0.2) is 4.39 Å². The van der Waals surface area contributed by atoms with Gasteiger partial charge in [-0.05, 0) is 24.3 Å². The zero-order valence-corrected chi connectivity index (χ0v) is 13.3. The molecule has 25 heavy (non-hydrogen) atoms. The number of carbonyl (C=O) groups excluding carboxylic acids is 2. The predicted molar refractivity (Wildman–Crippen MR) is 88.1 cm³/mol. The molecule has 2 N–H and O–H groups in total. The van der Waals surface area contributed by atoms with E-state index in [1.807, 2.05) is 18.2 Å². The van der Waals surface area contributed by atoms with E-state index in [0.717, 1.165) is 0 Å². The highest BCUT2D eigenvalue weighted by molar-refractivity contribution is 5.96. The lowest BCUT2D eigenvalue weighted by Crippen LogP contribution is -2.44. The number of rotatable bonds is 5. The molecule has 0 radical (unpaired) electrons. The zero-order chi connectivity index (χ0) is 17.6. The largest absolute Gasteiger partial charge is 0.486 e. The van der Waals surface area contributed by atoms with E-state index in [2.05, 4.69) is 10.6 Å². The SMILES string of the molecule is O=C(CNC(=O)c1ccccc1F)NC[C@@H]1COc2ccccc2O1. The van der Waals surface area contributed by atoms with E-state index in [0.29, 0.717) is 18.1 Å². The monoisotopic (exact) mass is 344 g/mol. The Morgan fingerprint density at radius 2 is 1.76 bits per heavy atom. The molecule has 6 nitrogen and oxygen atoms in total. The summed E-state index contributed by atoms with van der Waals surface area (Å²) in [7, 11) is 0. The van der Waals surface area contributed by atoms with Crippen LogP contribution in [0.3, 0.4) is 0 Å². The minimum Gasteiger partial charge on any atom is -0.486 e. The number of nitrogens with one attached hydrogen (secondary N) is 2. The van der Waals surface area contributed by atoms with Crippen molar-refractivity contribution in [1.29, 1.82) is 0 Å². The number of amides is 2. The highest BCUT2D eigenvalue weighted by Crippen LogP contribution is 2.30. The van der Waals surface area contributed by atoms with Crippen molar-refractivity contribution in [2.75, 3.05) is 19.7 Å². The molecule has 2 amide bonds. The normalized spacial score (nSPS) is 15.3. The smallest absolute Gasteiger partial charge is 0.254 e. The summed E-state index contributed by atoms with van der Waals surface area (Å²) in [4.78, 5) is 23.7. The molecule has 0 spiro atoms. The summed E-state index contributed by atoms with van der Waals surface area (Å²) in [5.41, 5.74) is -0.101. The Morgan fingerprint density at radius 3 is 2.56 bits per heavy atom. The van der Waals surface area contributed by atoms with Crippen molar-refractivity contribution in [3.8, 4) is 11.5 Å². The van der Waals surface area contributed by atoms with E-state index in [9.17, 15) is 14.0 Å². The Labute approximate surface area is 143 Å². The predicted octanol–water partition coefficient (Wildman–Crippen LogP) is 1.51. The van der Waals surface area contributed by atoms with Crippen LogP contribution in [0.1, 0.15) is 10.4 Å². The van der Waals surface area contributed by atoms with Crippen LogP contribution >= 0.6 is 0 Å². The van der Waals surface area contributed by atoms with Gasteiger partial charge in [-0.15, -0.1) is 0 Å². The van der Waals surface area contributed by atoms with Crippen molar-refractivity contribution in [3.05, 3.63) is 59.9 Å². The second-order valence-electron chi connectivity index (χ2n) is 5.46. The van der Waals surface area contributed by atoms with E-state index < -0.39 is 17.6 Å². The molecular formula is C18H17FN2O4. The molecule has 1 aliphatic rings. The minimum absolute atomic E-state index is 0.101. The summed E-state index contributed by atoms with van der Waals surface area (Å²) >= 11 is 0. The maximum Gasteiger partial charge on any atom is 0.254 e. The minimum atomic E-state index is -0.639. The van der Waals surface area contributed by atoms with Gasteiger partial charge in [0.25, 0.3) is 5.91 Å². The second kappa shape index (κ2) is 7.65. The van der Waals surface area contributed by atoms with Gasteiger partial charge in [0, 0.05) is 0 Å². The average Bonchev–Trinajstić information content (AvgIpc) is 2.64. The first kappa shape index (κ1) is 16.8. The van der Waals surface area contributed by atoms with Gasteiger partial charge in [0.2, 0.25) is 5.91 Å². The number of benzene rings is 2. The number of ether oxygens (including phenoxy) is 2. The molecule has 2 aromatic rings. The van der Waals surface area contributed by atoms with E-state index >= 15 is 0 Å². The summed E-state index contributed by atoms with van der Waals surface area (Å²) in [6, 6.07) is 12.9. The molecule has 0 saturated heterocycles. The molecule has 1 heterocycles. The van der Waals surface area contributed by atoms with Crippen LogP contribution in [0.5, 0.6) is 11.5 Å². The van der Waals surface area contributed by atoms with Crippen molar-refractivity contribution in [3.63, 3.8) is 0 Å². The molecule has 0 saturated carbocycles. The average molecular weight is 344 g/mol. The fourth-order valence-electron chi connectivity index (χ4n) is 2.35. The lowest BCUT2D eigenvalue weighted by atomic mass is 10.2. The second-order valence-corrected chi connectivity index (χ2v) is 5.46. The van der Waals surface area contributed by atoms with Gasteiger partial charge >= 0.3 is 0 Å². The summed E-state index contributed by atoms with van der Waals surface area (Å²) in [5.74, 6) is -0.374. The third-order valence-electron chi connectivity index (χ3n) is 3.62. The third kappa shape index (κ3) is 4.26. The van der Waals surface area contributed by atoms with Crippen LogP contribution < -0.4 is 20.1 Å². The van der Waals surface area contributed by atoms with Crippen LogP contribution in [-0.4, -0.2) is 37.6 Å². The fourth-order valence-corrected chi connectivity index (χ4v) is 2.35. The zero-order valence-electron chi connectivity index (χ0n) is 13.3. The number of halogens is 1. The van der Waals surface area contributed by atoms with E-state index in [4.69, 9.17) is 9.47 Å². The Kier molecular flexibility index (Phi) is 5.13. The molecule has 1 atom stereocenters. The van der Waals surface area contributed by atoms with Crippen LogP contribution in [0, 0.1) is 5.82 Å². The Bertz CT molecular complexity index is 781. The maximum absolute atomic E-state index is 13.5. The topological polar surface area (TPSA) is 76.7 Å². The summed E-state index contributed by atoms with van der Waals surface area (Å²) in [6.45, 7) is 0.305. The molecule has 3 rings (SSSR count). The molecule has 0 bridgehead atoms. The van der Waals surface area contributed by atoms with Crippen LogP contribution in [0.4, 0.5) is 4.39 Å². The van der Waals surface area contributed by atoms with Crippen LogP contribution in [0.15, 0.2) is 48.5 Å². The van der Waals surface area contributed by atoms with Crippen molar-refractivity contribution in [2.24, 2.45) is 0 Å². The fraction of sp³-hybridized carbons (Fsp3) is 0.222. The molecule has 130 valence electrons. The van der Waals surface area contributed by atoms with Gasteiger partial charge in [-0.3, -0.25) is 9.59 Å². The van der Waals surface area contributed by atoms with Crippen LogP contribution in [0.2, 0.25) is 0 Å². The van der Waals surface area contributed by atoms with Crippen molar-refractivity contribution in [2.45, 2.75) is 6.10 Å². The summed E-state index contributed by atoms with van der Waals surface area (Å²) in [6.07, 6.45) is -0.318. The van der Waals surface area contributed by atoms with Crippen molar-refractivity contribution in [1.82, 2.24) is 10.6 Å². The van der Waals surface area contributed by atoms with E-state index in [-0.39, 0.29) is 24.8 Å². The standard InChI is InChI=1S/C18H17FN2O4/c19-14-6-2-1-5-13(14)18(23)21-10-17(22)20-9-12-11-24-15-7-3-4-8-16(15)25-12/h1-8,12H,9-11H2,(H,20,22)(H,21,23)/t12-/m1/s1.